The molecule has 2 atom stereocenters. The molecule has 3 aromatic carbocycles. The molecule has 5 rings (SSSR count). The van der Waals surface area contributed by atoms with Crippen LogP contribution in [0, 0.1) is 0 Å². The van der Waals surface area contributed by atoms with Crippen molar-refractivity contribution in [3.63, 3.8) is 0 Å². The molecule has 0 bridgehead atoms. The lowest BCUT2D eigenvalue weighted by atomic mass is 9.91. The molecule has 1 fully saturated rings. The van der Waals surface area contributed by atoms with Crippen LogP contribution in [-0.4, -0.2) is 11.6 Å². The van der Waals surface area contributed by atoms with E-state index < -0.39 is 10.00 Å². The number of alkyl halides is 2. The summed E-state index contributed by atoms with van der Waals surface area (Å²) in [5.41, 5.74) is 3.00. The van der Waals surface area contributed by atoms with Gasteiger partial charge >= 0.3 is 0 Å². The van der Waals surface area contributed by atoms with E-state index in [1.807, 2.05) is 30.0 Å². The third kappa shape index (κ3) is 2.57. The summed E-state index contributed by atoms with van der Waals surface area (Å²) < 4.78 is 4.35. The second kappa shape index (κ2) is 6.62. The van der Waals surface area contributed by atoms with Crippen LogP contribution in [-0.2, 0) is 5.54 Å². The van der Waals surface area contributed by atoms with E-state index in [9.17, 15) is 0 Å². The van der Waals surface area contributed by atoms with Crippen molar-refractivity contribution in [2.24, 2.45) is 0 Å². The zero-order valence-corrected chi connectivity index (χ0v) is 17.6. The highest BCUT2D eigenvalue weighted by molar-refractivity contribution is 7.99. The topological polar surface area (TPSA) is 12.2 Å². The first-order valence-electron chi connectivity index (χ1n) is 9.21. The summed E-state index contributed by atoms with van der Waals surface area (Å²) in [6.45, 7) is 0. The lowest BCUT2D eigenvalue weighted by Gasteiger charge is -2.22. The van der Waals surface area contributed by atoms with Crippen LogP contribution in [0.15, 0.2) is 83.8 Å². The predicted octanol–water partition coefficient (Wildman–Crippen LogP) is 6.78. The first-order valence-corrected chi connectivity index (χ1v) is 10.8. The Bertz CT molecular complexity index is 1010. The van der Waals surface area contributed by atoms with E-state index in [4.69, 9.17) is 27.9 Å². The molecule has 0 radical (unpaired) electrons. The Labute approximate surface area is 179 Å². The van der Waals surface area contributed by atoms with E-state index in [2.05, 4.69) is 65.6 Å². The number of anilines is 1. The molecular formula is C23H19Cl2NOS. The average molecular weight is 428 g/mol. The fourth-order valence-corrected chi connectivity index (χ4v) is 6.55. The Morgan fingerprint density at radius 3 is 2.32 bits per heavy atom. The van der Waals surface area contributed by atoms with Gasteiger partial charge in [0.1, 0.15) is 11.3 Å². The number of thioether (sulfide) groups is 1. The van der Waals surface area contributed by atoms with E-state index in [0.717, 1.165) is 23.4 Å². The Kier molecular flexibility index (Phi) is 4.31. The maximum atomic E-state index is 6.98. The molecule has 0 aromatic heterocycles. The molecule has 0 aliphatic carbocycles. The van der Waals surface area contributed by atoms with E-state index in [1.54, 1.807) is 7.11 Å². The Morgan fingerprint density at radius 1 is 0.929 bits per heavy atom. The molecule has 1 saturated heterocycles. The molecule has 2 aliphatic rings. The van der Waals surface area contributed by atoms with E-state index in [0.29, 0.717) is 0 Å². The van der Waals surface area contributed by atoms with Crippen LogP contribution in [0.25, 0.3) is 0 Å². The zero-order chi connectivity index (χ0) is 19.4. The third-order valence-corrected chi connectivity index (χ3v) is 7.99. The first kappa shape index (κ1) is 18.2. The quantitative estimate of drug-likeness (QED) is 0.259. The van der Waals surface area contributed by atoms with Gasteiger partial charge in [0.25, 0.3) is 0 Å². The number of para-hydroxylation sites is 1. The minimum Gasteiger partial charge on any atom is -0.497 e. The molecule has 2 aliphatic heterocycles. The first-order chi connectivity index (χ1) is 13.6. The molecule has 0 spiro atoms. The van der Waals surface area contributed by atoms with Crippen molar-refractivity contribution in [2.75, 3.05) is 12.0 Å². The monoisotopic (exact) mass is 427 g/mol. The molecule has 5 heteroatoms. The maximum absolute atomic E-state index is 6.98. The highest BCUT2D eigenvalue weighted by Gasteiger charge is 2.76. The zero-order valence-electron chi connectivity index (χ0n) is 15.3. The second-order valence-corrected chi connectivity index (χ2v) is 9.69. The number of methoxy groups -OCH3 is 1. The predicted molar refractivity (Wildman–Crippen MR) is 118 cm³/mol. The van der Waals surface area contributed by atoms with E-state index in [-0.39, 0.29) is 5.25 Å². The summed E-state index contributed by atoms with van der Waals surface area (Å²) in [6, 6.07) is 27.1. The van der Waals surface area contributed by atoms with Crippen molar-refractivity contribution in [3.8, 4) is 5.75 Å². The molecule has 0 saturated carbocycles. The summed E-state index contributed by atoms with van der Waals surface area (Å²) >= 11 is 15.8. The van der Waals surface area contributed by atoms with Crippen LogP contribution < -0.4 is 9.64 Å². The van der Waals surface area contributed by atoms with Gasteiger partial charge in [0, 0.05) is 10.1 Å². The summed E-state index contributed by atoms with van der Waals surface area (Å²) in [6.07, 6.45) is 0.815. The van der Waals surface area contributed by atoms with Crippen LogP contribution in [0.4, 0.5) is 5.69 Å². The van der Waals surface area contributed by atoms with E-state index in [1.165, 1.54) is 10.5 Å². The summed E-state index contributed by atoms with van der Waals surface area (Å²) in [5.74, 6) is 0.824. The van der Waals surface area contributed by atoms with Gasteiger partial charge in [-0.05, 0) is 41.8 Å². The molecule has 2 nitrogen and oxygen atoms in total. The number of benzene rings is 3. The summed E-state index contributed by atoms with van der Waals surface area (Å²) in [4.78, 5) is 3.37. The van der Waals surface area contributed by atoms with Crippen molar-refractivity contribution < 1.29 is 4.74 Å². The van der Waals surface area contributed by atoms with Gasteiger partial charge in [-0.25, -0.2) is 0 Å². The SMILES string of the molecule is COc1ccc(C23CC(c4ccccc4)Sc4ccccc4N2C3(Cl)Cl)cc1. The van der Waals surface area contributed by atoms with Crippen molar-refractivity contribution in [1.29, 1.82) is 0 Å². The van der Waals surface area contributed by atoms with Gasteiger partial charge in [-0.2, -0.15) is 0 Å². The maximum Gasteiger partial charge on any atom is 0.219 e. The number of rotatable bonds is 3. The second-order valence-electron chi connectivity index (χ2n) is 7.15. The van der Waals surface area contributed by atoms with Crippen molar-refractivity contribution >= 4 is 40.7 Å². The average Bonchev–Trinajstić information content (AvgIpc) is 3.29. The lowest BCUT2D eigenvalue weighted by Crippen LogP contribution is -2.19. The number of halogens is 2. The molecule has 0 amide bonds. The lowest BCUT2D eigenvalue weighted by molar-refractivity contribution is 0.414. The fourth-order valence-electron chi connectivity index (χ4n) is 4.26. The Morgan fingerprint density at radius 2 is 1.61 bits per heavy atom. The van der Waals surface area contributed by atoms with Gasteiger partial charge in [0.2, 0.25) is 4.46 Å². The van der Waals surface area contributed by atoms with Crippen LogP contribution >= 0.6 is 35.0 Å². The minimum atomic E-state index is -0.994. The normalized spacial score (nSPS) is 24.7. The minimum absolute atomic E-state index is 0.244. The van der Waals surface area contributed by atoms with E-state index >= 15 is 0 Å². The van der Waals surface area contributed by atoms with Gasteiger partial charge in [0.05, 0.1) is 12.8 Å². The molecular weight excluding hydrogens is 409 g/mol. The third-order valence-electron chi connectivity index (χ3n) is 5.71. The molecule has 2 heterocycles. The number of ether oxygens (including phenoxy) is 1. The molecule has 28 heavy (non-hydrogen) atoms. The van der Waals surface area contributed by atoms with Gasteiger partial charge < -0.3 is 9.64 Å². The molecule has 0 N–H and O–H groups in total. The largest absolute Gasteiger partial charge is 0.497 e. The van der Waals surface area contributed by atoms with Crippen LogP contribution in [0.3, 0.4) is 0 Å². The summed E-state index contributed by atoms with van der Waals surface area (Å²) in [5, 5.41) is 0.244. The van der Waals surface area contributed by atoms with Gasteiger partial charge in [-0.15, -0.1) is 11.8 Å². The highest BCUT2D eigenvalue weighted by atomic mass is 35.5. The number of nitrogens with zero attached hydrogens (tertiary/aromatic N) is 1. The summed E-state index contributed by atoms with van der Waals surface area (Å²) in [7, 11) is 1.67. The molecule has 3 aromatic rings. The Balaban J connectivity index is 1.68. The smallest absolute Gasteiger partial charge is 0.219 e. The van der Waals surface area contributed by atoms with Gasteiger partial charge in [-0.3, -0.25) is 0 Å². The standard InChI is InChI=1S/C23H19Cl2NOS/c1-27-18-13-11-17(12-14-18)22-15-21(16-7-3-2-4-8-16)28-20-10-6-5-9-19(20)26(22)23(22,24)25/h2-14,21H,15H2,1H3. The number of fused-ring (bicyclic) bond motifs is 3. The molecule has 2 unspecified atom stereocenters. The van der Waals surface area contributed by atoms with Crippen LogP contribution in [0.2, 0.25) is 0 Å². The molecule has 142 valence electrons. The van der Waals surface area contributed by atoms with Crippen LogP contribution in [0.1, 0.15) is 22.8 Å². The van der Waals surface area contributed by atoms with Gasteiger partial charge in [0.15, 0.2) is 0 Å². The van der Waals surface area contributed by atoms with Crippen LogP contribution in [0.5, 0.6) is 5.75 Å². The Hall–Kier alpha value is -1.81. The highest BCUT2D eigenvalue weighted by Crippen LogP contribution is 2.72. The van der Waals surface area contributed by atoms with Crippen molar-refractivity contribution in [2.45, 2.75) is 26.6 Å². The van der Waals surface area contributed by atoms with Crippen molar-refractivity contribution in [1.82, 2.24) is 0 Å². The number of hydrogen-bond acceptors (Lipinski definition) is 3. The van der Waals surface area contributed by atoms with Crippen molar-refractivity contribution in [3.05, 3.63) is 90.0 Å². The van der Waals surface area contributed by atoms with Gasteiger partial charge in [-0.1, -0.05) is 77.8 Å². The fraction of sp³-hybridized carbons (Fsp3) is 0.217. The number of hydrogen-bond donors (Lipinski definition) is 0.